The molecule has 0 atom stereocenters. The first kappa shape index (κ1) is 14.1. The average molecular weight is 249 g/mol. The van der Waals surface area contributed by atoms with Crippen LogP contribution in [0, 0.1) is 0 Å². The van der Waals surface area contributed by atoms with Gasteiger partial charge in [0.1, 0.15) is 0 Å². The number of benzene rings is 2. The summed E-state index contributed by atoms with van der Waals surface area (Å²) in [7, 11) is 0. The molecule has 0 saturated carbocycles. The van der Waals surface area contributed by atoms with Gasteiger partial charge in [0.25, 0.3) is 0 Å². The van der Waals surface area contributed by atoms with Crippen LogP contribution in [-0.2, 0) is 0 Å². The second-order valence-corrected chi connectivity index (χ2v) is 3.36. The largest absolute Gasteiger partial charge is 1.00 e. The zero-order valence-corrected chi connectivity index (χ0v) is 11.9. The first-order valence-electron chi connectivity index (χ1n) is 4.47. The number of rotatable bonds is 1. The van der Waals surface area contributed by atoms with Gasteiger partial charge < -0.3 is 18.7 Å². The number of fused-ring (bicyclic) bond motifs is 1. The Kier molecular flexibility index (Phi) is 4.48. The number of hydrogen-bond acceptors (Lipinski definition) is 1. The molecule has 0 aliphatic rings. The number of nitrogens with two attached hydrogens (primary N) is 1. The molecule has 16 heavy (non-hydrogen) atoms. The van der Waals surface area contributed by atoms with Gasteiger partial charge in [0.05, 0.1) is 0 Å². The molecule has 0 radical (unpaired) electrons. The SMILES string of the molecule is Nc1ccc([B-](F)(F)F)c2ccccc12.[K+]. The van der Waals surface area contributed by atoms with Gasteiger partial charge in [0.2, 0.25) is 0 Å². The van der Waals surface area contributed by atoms with E-state index >= 15 is 0 Å². The quantitative estimate of drug-likeness (QED) is 0.534. The molecule has 0 aliphatic carbocycles. The van der Waals surface area contributed by atoms with E-state index < -0.39 is 12.4 Å². The molecule has 2 aromatic rings. The molecule has 0 spiro atoms. The van der Waals surface area contributed by atoms with E-state index in [1.165, 1.54) is 12.1 Å². The van der Waals surface area contributed by atoms with Gasteiger partial charge in [0.15, 0.2) is 0 Å². The minimum Gasteiger partial charge on any atom is -0.445 e. The van der Waals surface area contributed by atoms with Crippen molar-refractivity contribution in [2.24, 2.45) is 0 Å². The van der Waals surface area contributed by atoms with E-state index in [1.807, 2.05) is 0 Å². The van der Waals surface area contributed by atoms with Crippen LogP contribution >= 0.6 is 0 Å². The van der Waals surface area contributed by atoms with Crippen molar-refractivity contribution >= 4 is 28.9 Å². The molecule has 1 nitrogen and oxygen atoms in total. The smallest absolute Gasteiger partial charge is 0.445 e. The number of halogens is 3. The van der Waals surface area contributed by atoms with Crippen LogP contribution in [0.5, 0.6) is 0 Å². The van der Waals surface area contributed by atoms with E-state index in [2.05, 4.69) is 0 Å². The van der Waals surface area contributed by atoms with Crippen LogP contribution in [0.4, 0.5) is 18.6 Å². The predicted octanol–water partition coefficient (Wildman–Crippen LogP) is -0.520. The fraction of sp³-hybridized carbons (Fsp3) is 0. The topological polar surface area (TPSA) is 26.0 Å². The van der Waals surface area contributed by atoms with E-state index in [-0.39, 0.29) is 56.8 Å². The molecule has 2 aromatic carbocycles. The summed E-state index contributed by atoms with van der Waals surface area (Å²) in [4.78, 5) is 0. The summed E-state index contributed by atoms with van der Waals surface area (Å²) in [5, 5.41) is 0.624. The van der Waals surface area contributed by atoms with Crippen LogP contribution in [0.3, 0.4) is 0 Å². The van der Waals surface area contributed by atoms with Gasteiger partial charge in [0, 0.05) is 11.1 Å². The molecule has 0 saturated heterocycles. The third-order valence-electron chi connectivity index (χ3n) is 2.34. The molecule has 78 valence electrons. The van der Waals surface area contributed by atoms with Gasteiger partial charge in [-0.05, 0) is 11.5 Å². The molecule has 0 aromatic heterocycles. The van der Waals surface area contributed by atoms with E-state index in [0.717, 1.165) is 6.07 Å². The molecule has 0 amide bonds. The molecule has 0 aliphatic heterocycles. The van der Waals surface area contributed by atoms with Crippen LogP contribution in [0.15, 0.2) is 36.4 Å². The first-order valence-corrected chi connectivity index (χ1v) is 4.47. The molecule has 0 bridgehead atoms. The Balaban J connectivity index is 0.00000128. The van der Waals surface area contributed by atoms with Crippen molar-refractivity contribution in [3.05, 3.63) is 36.4 Å². The van der Waals surface area contributed by atoms with Crippen LogP contribution in [0.25, 0.3) is 10.8 Å². The maximum Gasteiger partial charge on any atom is 1.00 e. The van der Waals surface area contributed by atoms with Gasteiger partial charge in [-0.15, -0.1) is 5.46 Å². The summed E-state index contributed by atoms with van der Waals surface area (Å²) >= 11 is 0. The zero-order valence-electron chi connectivity index (χ0n) is 8.75. The van der Waals surface area contributed by atoms with Gasteiger partial charge in [-0.2, -0.15) is 0 Å². The second-order valence-electron chi connectivity index (χ2n) is 3.36. The van der Waals surface area contributed by atoms with Crippen molar-refractivity contribution < 1.29 is 64.3 Å². The maximum atomic E-state index is 12.7. The van der Waals surface area contributed by atoms with Crippen LogP contribution < -0.4 is 62.6 Å². The summed E-state index contributed by atoms with van der Waals surface area (Å²) in [6.07, 6.45) is 0. The molecular weight excluding hydrogens is 241 g/mol. The second kappa shape index (κ2) is 5.10. The minimum absolute atomic E-state index is 0. The molecule has 0 unspecified atom stereocenters. The Bertz CT molecular complexity index is 513. The Morgan fingerprint density at radius 1 is 0.875 bits per heavy atom. The van der Waals surface area contributed by atoms with Crippen LogP contribution in [0.1, 0.15) is 0 Å². The Labute approximate surface area is 134 Å². The van der Waals surface area contributed by atoms with E-state index in [1.54, 1.807) is 18.2 Å². The monoisotopic (exact) mass is 249 g/mol. The fourth-order valence-corrected chi connectivity index (χ4v) is 1.63. The first-order chi connectivity index (χ1) is 7.00. The summed E-state index contributed by atoms with van der Waals surface area (Å²) in [5.41, 5.74) is 5.39. The predicted molar refractivity (Wildman–Crippen MR) is 57.1 cm³/mol. The zero-order chi connectivity index (χ0) is 11.1. The van der Waals surface area contributed by atoms with Crippen molar-refractivity contribution in [1.82, 2.24) is 0 Å². The molecule has 0 fully saturated rings. The standard InChI is InChI=1S/C10H8BF3N.K/c12-11(13,14)9-5-6-10(15)8-4-2-1-3-7(8)9;/h1-6H,15H2;/q-1;+1. The molecule has 0 heterocycles. The van der Waals surface area contributed by atoms with Crippen LogP contribution in [-0.4, -0.2) is 6.98 Å². The van der Waals surface area contributed by atoms with Crippen molar-refractivity contribution in [1.29, 1.82) is 0 Å². The number of anilines is 1. The van der Waals surface area contributed by atoms with Gasteiger partial charge in [-0.1, -0.05) is 30.3 Å². The van der Waals surface area contributed by atoms with Crippen molar-refractivity contribution in [2.75, 3.05) is 5.73 Å². The molecule has 6 heteroatoms. The summed E-state index contributed by atoms with van der Waals surface area (Å²) in [6, 6.07) is 8.62. The third-order valence-corrected chi connectivity index (χ3v) is 2.34. The number of nitrogen functional groups attached to an aromatic ring is 1. The minimum atomic E-state index is -4.99. The van der Waals surface area contributed by atoms with E-state index in [9.17, 15) is 12.9 Å². The van der Waals surface area contributed by atoms with Gasteiger partial charge >= 0.3 is 58.4 Å². The average Bonchev–Trinajstić information content (AvgIpc) is 2.17. The summed E-state index contributed by atoms with van der Waals surface area (Å²) < 4.78 is 38.0. The Hall–Kier alpha value is -0.00870. The molecule has 2 rings (SSSR count). The van der Waals surface area contributed by atoms with Gasteiger partial charge in [-0.25, -0.2) is 0 Å². The van der Waals surface area contributed by atoms with Gasteiger partial charge in [-0.3, -0.25) is 0 Å². The Morgan fingerprint density at radius 3 is 2.00 bits per heavy atom. The van der Waals surface area contributed by atoms with Crippen LogP contribution in [0.2, 0.25) is 0 Å². The third kappa shape index (κ3) is 2.63. The number of hydrogen-bond donors (Lipinski definition) is 1. The fourth-order valence-electron chi connectivity index (χ4n) is 1.63. The Morgan fingerprint density at radius 2 is 1.44 bits per heavy atom. The normalized spacial score (nSPS) is 11.2. The van der Waals surface area contributed by atoms with Crippen molar-refractivity contribution in [3.8, 4) is 0 Å². The van der Waals surface area contributed by atoms with Crippen molar-refractivity contribution in [3.63, 3.8) is 0 Å². The molecular formula is C10H8BF3KN. The summed E-state index contributed by atoms with van der Waals surface area (Å²) in [6.45, 7) is -4.99. The molecule has 2 N–H and O–H groups in total. The maximum absolute atomic E-state index is 12.7. The van der Waals surface area contributed by atoms with Crippen molar-refractivity contribution in [2.45, 2.75) is 0 Å². The summed E-state index contributed by atoms with van der Waals surface area (Å²) in [5.74, 6) is 0. The van der Waals surface area contributed by atoms with E-state index in [4.69, 9.17) is 5.73 Å². The van der Waals surface area contributed by atoms with E-state index in [0.29, 0.717) is 11.1 Å².